The minimum Gasteiger partial charge on any atom is -0.496 e. The number of halogens is 1. The van der Waals surface area contributed by atoms with Gasteiger partial charge in [0, 0.05) is 18.8 Å². The summed E-state index contributed by atoms with van der Waals surface area (Å²) >= 11 is 1.25. The van der Waals surface area contributed by atoms with Crippen LogP contribution in [0.25, 0.3) is 11.4 Å². The van der Waals surface area contributed by atoms with Crippen molar-refractivity contribution in [1.29, 1.82) is 0 Å². The van der Waals surface area contributed by atoms with E-state index in [0.717, 1.165) is 5.56 Å². The van der Waals surface area contributed by atoms with E-state index < -0.39 is 0 Å². The molecular formula is C22H18FN5O2S. The van der Waals surface area contributed by atoms with Crippen LogP contribution in [0.15, 0.2) is 83.8 Å². The van der Waals surface area contributed by atoms with Gasteiger partial charge in [-0.25, -0.2) is 9.37 Å². The van der Waals surface area contributed by atoms with Gasteiger partial charge < -0.3 is 9.47 Å². The van der Waals surface area contributed by atoms with Crippen molar-refractivity contribution in [3.63, 3.8) is 0 Å². The van der Waals surface area contributed by atoms with Crippen LogP contribution in [0.2, 0.25) is 0 Å². The summed E-state index contributed by atoms with van der Waals surface area (Å²) in [5, 5.41) is 9.70. The molecule has 0 spiro atoms. The predicted octanol–water partition coefficient (Wildman–Crippen LogP) is 5.01. The molecule has 0 atom stereocenters. The predicted molar refractivity (Wildman–Crippen MR) is 115 cm³/mol. The van der Waals surface area contributed by atoms with E-state index in [1.807, 2.05) is 28.8 Å². The Bertz CT molecular complexity index is 1200. The van der Waals surface area contributed by atoms with Gasteiger partial charge in [-0.05, 0) is 48.2 Å². The van der Waals surface area contributed by atoms with Crippen LogP contribution < -0.4 is 9.47 Å². The monoisotopic (exact) mass is 435 g/mol. The van der Waals surface area contributed by atoms with Gasteiger partial charge in [-0.2, -0.15) is 4.98 Å². The van der Waals surface area contributed by atoms with Gasteiger partial charge >= 0.3 is 0 Å². The van der Waals surface area contributed by atoms with E-state index in [9.17, 15) is 4.39 Å². The lowest BCUT2D eigenvalue weighted by Gasteiger charge is -2.10. The zero-order valence-corrected chi connectivity index (χ0v) is 17.4. The number of nitrogens with zero attached hydrogens (tertiary/aromatic N) is 5. The van der Waals surface area contributed by atoms with Crippen molar-refractivity contribution in [2.75, 3.05) is 7.11 Å². The Kier molecular flexibility index (Phi) is 6.23. The summed E-state index contributed by atoms with van der Waals surface area (Å²) in [5.74, 6) is 1.83. The molecule has 0 radical (unpaired) electrons. The van der Waals surface area contributed by atoms with Crippen molar-refractivity contribution >= 4 is 11.8 Å². The number of aromatic nitrogens is 5. The van der Waals surface area contributed by atoms with E-state index in [1.54, 1.807) is 25.4 Å². The Morgan fingerprint density at radius 3 is 2.68 bits per heavy atom. The van der Waals surface area contributed by atoms with Crippen LogP contribution in [-0.4, -0.2) is 31.8 Å². The molecule has 0 saturated heterocycles. The molecule has 31 heavy (non-hydrogen) atoms. The average Bonchev–Trinajstić information content (AvgIpc) is 3.18. The summed E-state index contributed by atoms with van der Waals surface area (Å²) in [6.07, 6.45) is 3.35. The van der Waals surface area contributed by atoms with Gasteiger partial charge in [0.1, 0.15) is 17.3 Å². The molecular weight excluding hydrogens is 417 g/mol. The molecule has 0 aliphatic carbocycles. The molecule has 2 aromatic heterocycles. The second-order valence-electron chi connectivity index (χ2n) is 6.24. The Morgan fingerprint density at radius 1 is 1.10 bits per heavy atom. The maximum atomic E-state index is 13.1. The Morgan fingerprint density at radius 2 is 1.90 bits per heavy atom. The van der Waals surface area contributed by atoms with Gasteiger partial charge in [-0.15, -0.1) is 16.8 Å². The van der Waals surface area contributed by atoms with Crippen LogP contribution in [-0.2, 0) is 6.54 Å². The Hall–Kier alpha value is -3.72. The normalized spacial score (nSPS) is 10.6. The molecule has 2 heterocycles. The molecule has 2 aromatic carbocycles. The lowest BCUT2D eigenvalue weighted by Crippen LogP contribution is -2.02. The van der Waals surface area contributed by atoms with Crippen molar-refractivity contribution in [3.8, 4) is 28.8 Å². The van der Waals surface area contributed by atoms with Gasteiger partial charge in [0.2, 0.25) is 5.88 Å². The lowest BCUT2D eigenvalue weighted by atomic mass is 10.2. The largest absolute Gasteiger partial charge is 0.496 e. The highest BCUT2D eigenvalue weighted by atomic mass is 32.2. The number of allylic oxidation sites excluding steroid dienone is 1. The van der Waals surface area contributed by atoms with Gasteiger partial charge in [0.05, 0.1) is 12.7 Å². The van der Waals surface area contributed by atoms with Crippen molar-refractivity contribution in [1.82, 2.24) is 24.7 Å². The van der Waals surface area contributed by atoms with Crippen molar-refractivity contribution < 1.29 is 13.9 Å². The zero-order valence-electron chi connectivity index (χ0n) is 16.6. The molecule has 0 aliphatic heterocycles. The van der Waals surface area contributed by atoms with Crippen molar-refractivity contribution in [3.05, 3.63) is 79.3 Å². The highest BCUT2D eigenvalue weighted by molar-refractivity contribution is 7.99. The first kappa shape index (κ1) is 20.5. The molecule has 0 unspecified atom stereocenters. The van der Waals surface area contributed by atoms with Gasteiger partial charge in [0.25, 0.3) is 0 Å². The van der Waals surface area contributed by atoms with Gasteiger partial charge in [-0.3, -0.25) is 4.57 Å². The molecule has 4 aromatic rings. The lowest BCUT2D eigenvalue weighted by molar-refractivity contribution is 0.416. The van der Waals surface area contributed by atoms with Crippen molar-refractivity contribution in [2.45, 2.75) is 16.9 Å². The number of benzene rings is 2. The molecule has 0 N–H and O–H groups in total. The standard InChI is InChI=1S/C22H18FN5O2S/c1-3-14-28-20(17-6-4-5-7-18(17)29-2)26-27-22(28)31-21-24-13-12-19(25-21)30-16-10-8-15(23)9-11-16/h3-13H,1,14H2,2H3. The topological polar surface area (TPSA) is 75.0 Å². The number of rotatable bonds is 8. The maximum absolute atomic E-state index is 13.1. The number of ether oxygens (including phenoxy) is 2. The summed E-state index contributed by atoms with van der Waals surface area (Å²) in [4.78, 5) is 8.69. The first-order valence-corrected chi connectivity index (χ1v) is 10.1. The van der Waals surface area contributed by atoms with Crippen LogP contribution in [0.1, 0.15) is 0 Å². The number of hydrogen-bond donors (Lipinski definition) is 0. The van der Waals surface area contributed by atoms with E-state index in [2.05, 4.69) is 26.7 Å². The van der Waals surface area contributed by atoms with Gasteiger partial charge in [0.15, 0.2) is 16.1 Å². The summed E-state index contributed by atoms with van der Waals surface area (Å²) < 4.78 is 26.1. The minimum atomic E-state index is -0.335. The first-order chi connectivity index (χ1) is 15.2. The number of hydrogen-bond acceptors (Lipinski definition) is 7. The third-order valence-corrected chi connectivity index (χ3v) is 5.07. The molecule has 0 bridgehead atoms. The Balaban J connectivity index is 1.61. The fourth-order valence-corrected chi connectivity index (χ4v) is 3.59. The van der Waals surface area contributed by atoms with E-state index >= 15 is 0 Å². The molecule has 0 amide bonds. The second kappa shape index (κ2) is 9.40. The summed E-state index contributed by atoms with van der Waals surface area (Å²) in [5.41, 5.74) is 0.820. The summed E-state index contributed by atoms with van der Waals surface area (Å²) in [6.45, 7) is 4.33. The Labute approximate surface area is 182 Å². The van der Waals surface area contributed by atoms with E-state index in [4.69, 9.17) is 9.47 Å². The zero-order chi connectivity index (χ0) is 21.6. The summed E-state index contributed by atoms with van der Waals surface area (Å²) in [7, 11) is 1.61. The molecule has 0 saturated carbocycles. The third-order valence-electron chi connectivity index (χ3n) is 4.20. The summed E-state index contributed by atoms with van der Waals surface area (Å²) in [6, 6.07) is 14.9. The van der Waals surface area contributed by atoms with Crippen LogP contribution in [0.5, 0.6) is 17.4 Å². The highest BCUT2D eigenvalue weighted by Crippen LogP contribution is 2.33. The quantitative estimate of drug-likeness (QED) is 0.284. The van der Waals surface area contributed by atoms with Crippen LogP contribution in [0.4, 0.5) is 4.39 Å². The third kappa shape index (κ3) is 4.72. The number of methoxy groups -OCH3 is 1. The van der Waals surface area contributed by atoms with E-state index in [1.165, 1.54) is 36.0 Å². The van der Waals surface area contributed by atoms with E-state index in [0.29, 0.717) is 40.1 Å². The first-order valence-electron chi connectivity index (χ1n) is 9.29. The molecule has 9 heteroatoms. The molecule has 156 valence electrons. The maximum Gasteiger partial charge on any atom is 0.223 e. The molecule has 4 rings (SSSR count). The van der Waals surface area contributed by atoms with Crippen LogP contribution in [0.3, 0.4) is 0 Å². The van der Waals surface area contributed by atoms with E-state index in [-0.39, 0.29) is 5.82 Å². The van der Waals surface area contributed by atoms with Gasteiger partial charge in [-0.1, -0.05) is 18.2 Å². The fourth-order valence-electron chi connectivity index (χ4n) is 2.82. The molecule has 0 aliphatic rings. The average molecular weight is 435 g/mol. The fraction of sp³-hybridized carbons (Fsp3) is 0.0909. The van der Waals surface area contributed by atoms with Crippen LogP contribution >= 0.6 is 11.8 Å². The highest BCUT2D eigenvalue weighted by Gasteiger charge is 2.18. The molecule has 7 nitrogen and oxygen atoms in total. The second-order valence-corrected chi connectivity index (χ2v) is 7.18. The minimum absolute atomic E-state index is 0.335. The smallest absolute Gasteiger partial charge is 0.223 e. The molecule has 0 fully saturated rings. The SMILES string of the molecule is C=CCn1c(Sc2nccc(Oc3ccc(F)cc3)n2)nnc1-c1ccccc1OC. The van der Waals surface area contributed by atoms with Crippen molar-refractivity contribution in [2.24, 2.45) is 0 Å². The number of para-hydroxylation sites is 1. The van der Waals surface area contributed by atoms with Crippen LogP contribution in [0, 0.1) is 5.82 Å².